The molecule has 1 aromatic rings. The van der Waals surface area contributed by atoms with Crippen molar-refractivity contribution < 1.29 is 4.74 Å². The smallest absolute Gasteiger partial charge is 0.0532 e. The Kier molecular flexibility index (Phi) is 2.65. The van der Waals surface area contributed by atoms with Gasteiger partial charge in [0.15, 0.2) is 0 Å². The molecule has 3 rings (SSSR count). The SMILES string of the molecule is NC1c2cc(Br)ccc2NC2CCOCC21. The van der Waals surface area contributed by atoms with Crippen LogP contribution in [-0.4, -0.2) is 19.3 Å². The summed E-state index contributed by atoms with van der Waals surface area (Å²) in [6.07, 6.45) is 1.05. The van der Waals surface area contributed by atoms with Gasteiger partial charge in [0, 0.05) is 34.8 Å². The third-order valence-corrected chi connectivity index (χ3v) is 4.07. The zero-order valence-electron chi connectivity index (χ0n) is 8.95. The van der Waals surface area contributed by atoms with Crippen LogP contribution in [0.2, 0.25) is 0 Å². The summed E-state index contributed by atoms with van der Waals surface area (Å²) in [5, 5.41) is 3.58. The average molecular weight is 283 g/mol. The Morgan fingerprint density at radius 2 is 2.31 bits per heavy atom. The summed E-state index contributed by atoms with van der Waals surface area (Å²) in [6.45, 7) is 1.61. The maximum absolute atomic E-state index is 6.33. The first-order valence-corrected chi connectivity index (χ1v) is 6.44. The molecular formula is C12H15BrN2O. The molecule has 1 fully saturated rings. The molecule has 4 heteroatoms. The maximum atomic E-state index is 6.33. The standard InChI is InChI=1S/C12H15BrN2O/c13-7-1-2-10-8(5-7)12(14)9-6-16-4-3-11(9)15-10/h1-2,5,9,11-12,15H,3-4,6,14H2. The van der Waals surface area contributed by atoms with Crippen LogP contribution >= 0.6 is 15.9 Å². The molecule has 0 aliphatic carbocycles. The van der Waals surface area contributed by atoms with Crippen molar-refractivity contribution in [2.45, 2.75) is 18.5 Å². The molecule has 0 radical (unpaired) electrons. The molecule has 1 saturated heterocycles. The van der Waals surface area contributed by atoms with Gasteiger partial charge in [-0.15, -0.1) is 0 Å². The molecule has 0 aromatic heterocycles. The Morgan fingerprint density at radius 3 is 3.19 bits per heavy atom. The van der Waals surface area contributed by atoms with Crippen LogP contribution in [0.1, 0.15) is 18.0 Å². The van der Waals surface area contributed by atoms with Crippen molar-refractivity contribution in [1.82, 2.24) is 0 Å². The van der Waals surface area contributed by atoms with Gasteiger partial charge in [0.1, 0.15) is 0 Å². The van der Waals surface area contributed by atoms with Crippen molar-refractivity contribution in [3.05, 3.63) is 28.2 Å². The van der Waals surface area contributed by atoms with Crippen LogP contribution in [0, 0.1) is 5.92 Å². The summed E-state index contributed by atoms with van der Waals surface area (Å²) in [5.41, 5.74) is 8.70. The zero-order valence-corrected chi connectivity index (χ0v) is 10.5. The number of fused-ring (bicyclic) bond motifs is 2. The second kappa shape index (κ2) is 4.02. The number of halogens is 1. The highest BCUT2D eigenvalue weighted by Gasteiger charge is 2.36. The van der Waals surface area contributed by atoms with Gasteiger partial charge in [0.05, 0.1) is 6.61 Å². The molecule has 2 aliphatic heterocycles. The van der Waals surface area contributed by atoms with Crippen molar-refractivity contribution in [1.29, 1.82) is 0 Å². The van der Waals surface area contributed by atoms with Gasteiger partial charge in [-0.25, -0.2) is 0 Å². The number of benzene rings is 1. The molecule has 3 N–H and O–H groups in total. The lowest BCUT2D eigenvalue weighted by Crippen LogP contribution is -2.46. The van der Waals surface area contributed by atoms with Crippen LogP contribution < -0.4 is 11.1 Å². The molecule has 3 atom stereocenters. The Labute approximate surface area is 103 Å². The molecule has 3 unspecified atom stereocenters. The molecule has 0 saturated carbocycles. The number of rotatable bonds is 0. The van der Waals surface area contributed by atoms with Gasteiger partial charge in [0.25, 0.3) is 0 Å². The summed E-state index contributed by atoms with van der Waals surface area (Å²) in [6, 6.07) is 6.82. The van der Waals surface area contributed by atoms with E-state index in [9.17, 15) is 0 Å². The van der Waals surface area contributed by atoms with E-state index in [1.165, 1.54) is 11.3 Å². The third kappa shape index (κ3) is 1.65. The Balaban J connectivity index is 2.00. The van der Waals surface area contributed by atoms with Crippen molar-refractivity contribution in [2.75, 3.05) is 18.5 Å². The highest BCUT2D eigenvalue weighted by molar-refractivity contribution is 9.10. The van der Waals surface area contributed by atoms with Crippen LogP contribution in [0.4, 0.5) is 5.69 Å². The molecule has 0 amide bonds. The number of hydrogen-bond acceptors (Lipinski definition) is 3. The van der Waals surface area contributed by atoms with E-state index in [-0.39, 0.29) is 6.04 Å². The number of nitrogens with one attached hydrogen (secondary N) is 1. The van der Waals surface area contributed by atoms with Gasteiger partial charge in [-0.2, -0.15) is 0 Å². The highest BCUT2D eigenvalue weighted by atomic mass is 79.9. The first kappa shape index (κ1) is 10.6. The van der Waals surface area contributed by atoms with Gasteiger partial charge in [0.2, 0.25) is 0 Å². The molecule has 86 valence electrons. The van der Waals surface area contributed by atoms with Crippen molar-refractivity contribution in [3.63, 3.8) is 0 Å². The van der Waals surface area contributed by atoms with E-state index < -0.39 is 0 Å². The molecule has 16 heavy (non-hydrogen) atoms. The predicted octanol–water partition coefficient (Wildman–Crippen LogP) is 2.28. The summed E-state index contributed by atoms with van der Waals surface area (Å²) in [4.78, 5) is 0. The normalized spacial score (nSPS) is 32.5. The molecular weight excluding hydrogens is 268 g/mol. The summed E-state index contributed by atoms with van der Waals surface area (Å²) in [5.74, 6) is 0.399. The van der Waals surface area contributed by atoms with Gasteiger partial charge in [-0.1, -0.05) is 15.9 Å². The van der Waals surface area contributed by atoms with E-state index in [4.69, 9.17) is 10.5 Å². The fourth-order valence-corrected chi connectivity index (χ4v) is 3.04. The second-order valence-corrected chi connectivity index (χ2v) is 5.45. The quantitative estimate of drug-likeness (QED) is 0.768. The van der Waals surface area contributed by atoms with Crippen LogP contribution in [0.3, 0.4) is 0 Å². The van der Waals surface area contributed by atoms with Crippen LogP contribution in [-0.2, 0) is 4.74 Å². The number of anilines is 1. The van der Waals surface area contributed by atoms with Crippen LogP contribution in [0.15, 0.2) is 22.7 Å². The summed E-state index contributed by atoms with van der Waals surface area (Å²) >= 11 is 3.49. The molecule has 2 aliphatic rings. The molecule has 0 bridgehead atoms. The van der Waals surface area contributed by atoms with Crippen molar-refractivity contribution in [3.8, 4) is 0 Å². The first-order valence-electron chi connectivity index (χ1n) is 5.65. The fraction of sp³-hybridized carbons (Fsp3) is 0.500. The van der Waals surface area contributed by atoms with Crippen LogP contribution in [0.25, 0.3) is 0 Å². The Morgan fingerprint density at radius 1 is 1.44 bits per heavy atom. The third-order valence-electron chi connectivity index (χ3n) is 3.58. The topological polar surface area (TPSA) is 47.3 Å². The second-order valence-electron chi connectivity index (χ2n) is 4.54. The van der Waals surface area contributed by atoms with Gasteiger partial charge in [-0.05, 0) is 30.2 Å². The van der Waals surface area contributed by atoms with E-state index in [0.29, 0.717) is 12.0 Å². The minimum absolute atomic E-state index is 0.0825. The van der Waals surface area contributed by atoms with E-state index in [0.717, 1.165) is 24.1 Å². The van der Waals surface area contributed by atoms with Crippen molar-refractivity contribution in [2.24, 2.45) is 11.7 Å². The van der Waals surface area contributed by atoms with E-state index >= 15 is 0 Å². The lowest BCUT2D eigenvalue weighted by atomic mass is 9.81. The van der Waals surface area contributed by atoms with Gasteiger partial charge < -0.3 is 15.8 Å². The van der Waals surface area contributed by atoms with E-state index in [1.807, 2.05) is 0 Å². The zero-order chi connectivity index (χ0) is 11.1. The largest absolute Gasteiger partial charge is 0.382 e. The Bertz CT molecular complexity index is 410. The van der Waals surface area contributed by atoms with E-state index in [1.54, 1.807) is 0 Å². The number of nitrogens with two attached hydrogens (primary N) is 1. The molecule has 3 nitrogen and oxygen atoms in total. The number of hydrogen-bond donors (Lipinski definition) is 2. The first-order chi connectivity index (χ1) is 7.75. The fourth-order valence-electron chi connectivity index (χ4n) is 2.66. The Hall–Kier alpha value is -0.580. The lowest BCUT2D eigenvalue weighted by Gasteiger charge is -2.41. The molecule has 1 aromatic carbocycles. The van der Waals surface area contributed by atoms with Gasteiger partial charge >= 0.3 is 0 Å². The summed E-state index contributed by atoms with van der Waals surface area (Å²) < 4.78 is 6.61. The lowest BCUT2D eigenvalue weighted by molar-refractivity contribution is 0.0342. The minimum Gasteiger partial charge on any atom is -0.382 e. The maximum Gasteiger partial charge on any atom is 0.0532 e. The molecule has 0 spiro atoms. The minimum atomic E-state index is 0.0825. The number of ether oxygens (including phenoxy) is 1. The van der Waals surface area contributed by atoms with E-state index in [2.05, 4.69) is 39.4 Å². The summed E-state index contributed by atoms with van der Waals surface area (Å²) in [7, 11) is 0. The monoisotopic (exact) mass is 282 g/mol. The average Bonchev–Trinajstić information content (AvgIpc) is 2.31. The van der Waals surface area contributed by atoms with Crippen molar-refractivity contribution >= 4 is 21.6 Å². The predicted molar refractivity (Wildman–Crippen MR) is 67.4 cm³/mol. The molecule has 2 heterocycles. The van der Waals surface area contributed by atoms with Gasteiger partial charge in [-0.3, -0.25) is 0 Å². The van der Waals surface area contributed by atoms with Crippen LogP contribution in [0.5, 0.6) is 0 Å². The highest BCUT2D eigenvalue weighted by Crippen LogP contribution is 2.39.